The van der Waals surface area contributed by atoms with Crippen molar-refractivity contribution in [2.45, 2.75) is 24.5 Å². The number of nitrogens with two attached hydrogens (primary N) is 1. The zero-order valence-electron chi connectivity index (χ0n) is 6.22. The Bertz CT molecular complexity index is 143. The largest absolute Gasteiger partial charge is 0.370 e. The molecule has 0 aliphatic carbocycles. The maximum atomic E-state index is 10.8. The smallest absolute Gasteiger partial charge is 0.245 e. The minimum absolute atomic E-state index is 0.279. The fourth-order valence-corrected chi connectivity index (χ4v) is 1.69. The molecule has 1 unspecified atom stereocenters. The molecule has 1 rings (SSSR count). The summed E-state index contributed by atoms with van der Waals surface area (Å²) in [6, 6.07) is 0. The standard InChI is InChI=1S/C6H13NO2Si/c7-5(8)6(10)3-1-2-4-9-6/h1-4H2,10H3,(H2,7,8). The van der Waals surface area contributed by atoms with Crippen LogP contribution in [0.4, 0.5) is 0 Å². The first kappa shape index (κ1) is 7.75. The number of hydrogen-bond donors (Lipinski definition) is 1. The molecule has 0 aromatic carbocycles. The van der Waals surface area contributed by atoms with Crippen LogP contribution in [0.25, 0.3) is 0 Å². The van der Waals surface area contributed by atoms with Crippen LogP contribution >= 0.6 is 0 Å². The van der Waals surface area contributed by atoms with Gasteiger partial charge in [-0.3, -0.25) is 4.79 Å². The van der Waals surface area contributed by atoms with Crippen molar-refractivity contribution in [2.24, 2.45) is 5.73 Å². The lowest BCUT2D eigenvalue weighted by atomic mass is 10.1. The fourth-order valence-electron chi connectivity index (χ4n) is 1.13. The third-order valence-corrected chi connectivity index (χ3v) is 3.27. The molecule has 3 nitrogen and oxygen atoms in total. The summed E-state index contributed by atoms with van der Waals surface area (Å²) >= 11 is 0. The Labute approximate surface area is 63.3 Å². The number of carbonyl (C=O) groups excluding carboxylic acids is 1. The average molecular weight is 159 g/mol. The van der Waals surface area contributed by atoms with Crippen LogP contribution in [0.5, 0.6) is 0 Å². The van der Waals surface area contributed by atoms with Gasteiger partial charge in [-0.05, 0) is 19.3 Å². The van der Waals surface area contributed by atoms with Gasteiger partial charge >= 0.3 is 0 Å². The minimum atomic E-state index is -0.543. The molecule has 0 bridgehead atoms. The highest BCUT2D eigenvalue weighted by Gasteiger charge is 2.33. The highest BCUT2D eigenvalue weighted by molar-refractivity contribution is 6.27. The van der Waals surface area contributed by atoms with Gasteiger partial charge in [0.25, 0.3) is 0 Å². The SMILES string of the molecule is NC(=O)C1([SiH3])CCCCO1. The van der Waals surface area contributed by atoms with E-state index in [9.17, 15) is 4.79 Å². The summed E-state index contributed by atoms with van der Waals surface area (Å²) in [5.74, 6) is -0.279. The molecule has 0 radical (unpaired) electrons. The lowest BCUT2D eigenvalue weighted by molar-refractivity contribution is -0.137. The number of primary amides is 1. The highest BCUT2D eigenvalue weighted by atomic mass is 28.1. The Hall–Kier alpha value is -0.353. The molecule has 10 heavy (non-hydrogen) atoms. The monoisotopic (exact) mass is 159 g/mol. The number of hydrogen-bond acceptors (Lipinski definition) is 2. The molecule has 4 heteroatoms. The van der Waals surface area contributed by atoms with Gasteiger partial charge in [-0.25, -0.2) is 0 Å². The second kappa shape index (κ2) is 2.71. The van der Waals surface area contributed by atoms with Crippen molar-refractivity contribution in [3.63, 3.8) is 0 Å². The van der Waals surface area contributed by atoms with Crippen LogP contribution in [0.3, 0.4) is 0 Å². The number of carbonyl (C=O) groups is 1. The molecule has 0 aromatic heterocycles. The molecule has 1 aliphatic heterocycles. The molecule has 1 amide bonds. The van der Waals surface area contributed by atoms with Crippen LogP contribution in [0.15, 0.2) is 0 Å². The predicted molar refractivity (Wildman–Crippen MR) is 41.7 cm³/mol. The third kappa shape index (κ3) is 1.38. The van der Waals surface area contributed by atoms with Gasteiger partial charge in [0.15, 0.2) is 0 Å². The summed E-state index contributed by atoms with van der Waals surface area (Å²) in [6.07, 6.45) is 2.97. The number of rotatable bonds is 1. The molecule has 1 heterocycles. The lowest BCUT2D eigenvalue weighted by Crippen LogP contribution is -2.48. The quantitative estimate of drug-likeness (QED) is 0.485. The summed E-state index contributed by atoms with van der Waals surface area (Å²) < 4.78 is 5.31. The second-order valence-electron chi connectivity index (χ2n) is 2.90. The van der Waals surface area contributed by atoms with E-state index in [0.29, 0.717) is 6.61 Å². The van der Waals surface area contributed by atoms with E-state index in [1.807, 2.05) is 0 Å². The Morgan fingerprint density at radius 3 is 2.60 bits per heavy atom. The Morgan fingerprint density at radius 1 is 1.60 bits per heavy atom. The van der Waals surface area contributed by atoms with Crippen molar-refractivity contribution in [1.29, 1.82) is 0 Å². The molecule has 1 atom stereocenters. The van der Waals surface area contributed by atoms with Crippen LogP contribution in [0, 0.1) is 0 Å². The molecule has 0 saturated carbocycles. The molecular formula is C6H13NO2Si. The highest BCUT2D eigenvalue weighted by Crippen LogP contribution is 2.20. The first-order valence-corrected chi connectivity index (χ1v) is 4.59. The van der Waals surface area contributed by atoms with Crippen LogP contribution < -0.4 is 5.73 Å². The molecule has 58 valence electrons. The van der Waals surface area contributed by atoms with Gasteiger partial charge in [0, 0.05) is 6.61 Å². The average Bonchev–Trinajstić information content (AvgIpc) is 1.89. The number of ether oxygens (including phenoxy) is 1. The van der Waals surface area contributed by atoms with Crippen molar-refractivity contribution in [2.75, 3.05) is 6.61 Å². The fraction of sp³-hybridized carbons (Fsp3) is 0.833. The van der Waals surface area contributed by atoms with Crippen LogP contribution in [-0.2, 0) is 9.53 Å². The summed E-state index contributed by atoms with van der Waals surface area (Å²) in [4.78, 5) is 10.8. The van der Waals surface area contributed by atoms with Gasteiger partial charge in [0.05, 0.1) is 10.2 Å². The minimum Gasteiger partial charge on any atom is -0.370 e. The van der Waals surface area contributed by atoms with E-state index in [1.54, 1.807) is 0 Å². The van der Waals surface area contributed by atoms with Gasteiger partial charge in [-0.2, -0.15) is 0 Å². The Balaban J connectivity index is 2.56. The van der Waals surface area contributed by atoms with Crippen molar-refractivity contribution in [3.05, 3.63) is 0 Å². The number of amides is 1. The van der Waals surface area contributed by atoms with E-state index in [1.165, 1.54) is 0 Å². The van der Waals surface area contributed by atoms with Crippen LogP contribution in [-0.4, -0.2) is 28.0 Å². The van der Waals surface area contributed by atoms with Crippen LogP contribution in [0.1, 0.15) is 19.3 Å². The predicted octanol–water partition coefficient (Wildman–Crippen LogP) is -1.27. The van der Waals surface area contributed by atoms with E-state index in [4.69, 9.17) is 10.5 Å². The van der Waals surface area contributed by atoms with Gasteiger partial charge in [-0.15, -0.1) is 0 Å². The first-order valence-electron chi connectivity index (χ1n) is 3.59. The molecular weight excluding hydrogens is 146 g/mol. The van der Waals surface area contributed by atoms with Gasteiger partial charge < -0.3 is 10.5 Å². The second-order valence-corrected chi connectivity index (χ2v) is 4.52. The molecule has 2 N–H and O–H groups in total. The van der Waals surface area contributed by atoms with E-state index in [-0.39, 0.29) is 5.91 Å². The summed E-state index contributed by atoms with van der Waals surface area (Å²) in [7, 11) is 0.718. The topological polar surface area (TPSA) is 52.3 Å². The Morgan fingerprint density at radius 2 is 2.30 bits per heavy atom. The lowest BCUT2D eigenvalue weighted by Gasteiger charge is -2.30. The van der Waals surface area contributed by atoms with E-state index < -0.39 is 5.22 Å². The van der Waals surface area contributed by atoms with Crippen molar-refractivity contribution in [3.8, 4) is 0 Å². The maximum Gasteiger partial charge on any atom is 0.245 e. The first-order chi connectivity index (χ1) is 4.65. The zero-order valence-corrected chi connectivity index (χ0v) is 8.22. The summed E-state index contributed by atoms with van der Waals surface area (Å²) in [5, 5.41) is -0.543. The Kier molecular flexibility index (Phi) is 2.10. The van der Waals surface area contributed by atoms with Crippen molar-refractivity contribution < 1.29 is 9.53 Å². The van der Waals surface area contributed by atoms with Gasteiger partial charge in [-0.1, -0.05) is 0 Å². The van der Waals surface area contributed by atoms with Crippen molar-refractivity contribution in [1.82, 2.24) is 0 Å². The molecule has 0 aromatic rings. The third-order valence-electron chi connectivity index (χ3n) is 1.99. The normalized spacial score (nSPS) is 34.0. The van der Waals surface area contributed by atoms with Crippen LogP contribution in [0.2, 0.25) is 0 Å². The van der Waals surface area contributed by atoms with Gasteiger partial charge in [0.1, 0.15) is 5.22 Å². The van der Waals surface area contributed by atoms with E-state index >= 15 is 0 Å². The molecule has 1 aliphatic rings. The van der Waals surface area contributed by atoms with E-state index in [0.717, 1.165) is 29.5 Å². The van der Waals surface area contributed by atoms with Crippen molar-refractivity contribution >= 4 is 16.1 Å². The molecule has 0 spiro atoms. The van der Waals surface area contributed by atoms with Gasteiger partial charge in [0.2, 0.25) is 5.91 Å². The van der Waals surface area contributed by atoms with E-state index in [2.05, 4.69) is 0 Å². The molecule has 1 fully saturated rings. The molecule has 1 saturated heterocycles. The summed E-state index contributed by atoms with van der Waals surface area (Å²) in [6.45, 7) is 0.701. The summed E-state index contributed by atoms with van der Waals surface area (Å²) in [5.41, 5.74) is 5.17. The zero-order chi connectivity index (χ0) is 7.61. The maximum absolute atomic E-state index is 10.8.